The van der Waals surface area contributed by atoms with Gasteiger partial charge in [0.15, 0.2) is 0 Å². The number of methoxy groups -OCH3 is 1. The van der Waals surface area contributed by atoms with E-state index in [4.69, 9.17) is 9.47 Å². The Kier molecular flexibility index (Phi) is 9.80. The van der Waals surface area contributed by atoms with E-state index in [0.29, 0.717) is 31.8 Å². The average Bonchev–Trinajstić information content (AvgIpc) is 3.18. The predicted molar refractivity (Wildman–Crippen MR) is 108 cm³/mol. The molecule has 9 heteroatoms. The third-order valence-electron chi connectivity index (χ3n) is 5.41. The van der Waals surface area contributed by atoms with E-state index >= 15 is 0 Å². The van der Waals surface area contributed by atoms with E-state index in [1.54, 1.807) is 26.1 Å². The molecule has 2 fully saturated rings. The molecule has 0 bridgehead atoms. The van der Waals surface area contributed by atoms with Crippen LogP contribution in [0.2, 0.25) is 0 Å². The summed E-state index contributed by atoms with van der Waals surface area (Å²) in [5, 5.41) is 5.80. The van der Waals surface area contributed by atoms with Crippen LogP contribution in [0.4, 0.5) is 9.59 Å². The first-order valence-electron chi connectivity index (χ1n) is 10.3. The van der Waals surface area contributed by atoms with Crippen molar-refractivity contribution in [1.29, 1.82) is 0 Å². The molecule has 1 atom stereocenters. The Balaban J connectivity index is 1.83. The van der Waals surface area contributed by atoms with Crippen molar-refractivity contribution in [2.45, 2.75) is 37.8 Å². The van der Waals surface area contributed by atoms with Crippen LogP contribution in [-0.4, -0.2) is 113 Å². The van der Waals surface area contributed by atoms with Crippen LogP contribution >= 0.6 is 0 Å². The van der Waals surface area contributed by atoms with Crippen molar-refractivity contribution in [2.75, 3.05) is 73.7 Å². The van der Waals surface area contributed by atoms with Crippen molar-refractivity contribution in [1.82, 2.24) is 25.3 Å². The van der Waals surface area contributed by atoms with Crippen molar-refractivity contribution < 1.29 is 19.1 Å². The van der Waals surface area contributed by atoms with E-state index in [-0.39, 0.29) is 12.1 Å². The maximum Gasteiger partial charge on any atom is 0.319 e. The average molecular weight is 400 g/mol. The fourth-order valence-corrected chi connectivity index (χ4v) is 3.93. The number of amides is 4. The highest BCUT2D eigenvalue weighted by molar-refractivity contribution is 5.74. The number of carbonyl (C=O) groups is 2. The summed E-state index contributed by atoms with van der Waals surface area (Å²) in [5.74, 6) is 0. The summed E-state index contributed by atoms with van der Waals surface area (Å²) in [6.45, 7) is 5.71. The van der Waals surface area contributed by atoms with Crippen molar-refractivity contribution >= 4 is 12.1 Å². The van der Waals surface area contributed by atoms with Gasteiger partial charge >= 0.3 is 12.1 Å². The number of carbonyl (C=O) groups excluding carboxylic acids is 2. The summed E-state index contributed by atoms with van der Waals surface area (Å²) in [5.41, 5.74) is 0. The van der Waals surface area contributed by atoms with E-state index in [1.807, 2.05) is 4.90 Å². The fourth-order valence-electron chi connectivity index (χ4n) is 3.93. The lowest BCUT2D eigenvalue weighted by Gasteiger charge is -2.38. The molecule has 2 aliphatic rings. The first kappa shape index (κ1) is 22.7. The van der Waals surface area contributed by atoms with Crippen LogP contribution in [0.5, 0.6) is 0 Å². The molecule has 2 heterocycles. The fraction of sp³-hybridized carbons (Fsp3) is 0.895. The molecule has 0 spiro atoms. The van der Waals surface area contributed by atoms with Gasteiger partial charge in [0.05, 0.1) is 0 Å². The van der Waals surface area contributed by atoms with Crippen LogP contribution < -0.4 is 10.6 Å². The Hall–Kier alpha value is -1.58. The van der Waals surface area contributed by atoms with Gasteiger partial charge in [-0.05, 0) is 25.7 Å². The summed E-state index contributed by atoms with van der Waals surface area (Å²) in [6, 6.07) is 0.708. The number of urea groups is 2. The number of ether oxygens (including phenoxy) is 2. The summed E-state index contributed by atoms with van der Waals surface area (Å²) in [7, 11) is 5.24. The zero-order valence-electron chi connectivity index (χ0n) is 17.6. The number of nitrogens with one attached hydrogen (secondary N) is 2. The lowest BCUT2D eigenvalue weighted by Crippen LogP contribution is -2.51. The molecule has 28 heavy (non-hydrogen) atoms. The number of hydrogen-bond acceptors (Lipinski definition) is 5. The lowest BCUT2D eigenvalue weighted by atomic mass is 10.0. The molecule has 2 rings (SSSR count). The molecule has 0 aromatic rings. The number of rotatable bonds is 9. The van der Waals surface area contributed by atoms with Gasteiger partial charge in [0.25, 0.3) is 0 Å². The molecule has 0 aromatic carbocycles. The van der Waals surface area contributed by atoms with Crippen LogP contribution in [0.15, 0.2) is 0 Å². The van der Waals surface area contributed by atoms with Crippen molar-refractivity contribution in [3.05, 3.63) is 0 Å². The topological polar surface area (TPSA) is 86.4 Å². The minimum atomic E-state index is -0.140. The molecule has 9 nitrogen and oxygen atoms in total. The van der Waals surface area contributed by atoms with Gasteiger partial charge in [-0.3, -0.25) is 4.90 Å². The molecule has 0 radical (unpaired) electrons. The van der Waals surface area contributed by atoms with Crippen LogP contribution in [-0.2, 0) is 9.47 Å². The zero-order chi connectivity index (χ0) is 20.4. The van der Waals surface area contributed by atoms with Gasteiger partial charge in [0, 0.05) is 85.8 Å². The van der Waals surface area contributed by atoms with E-state index in [1.165, 1.54) is 0 Å². The Morgan fingerprint density at radius 3 is 2.50 bits per heavy atom. The van der Waals surface area contributed by atoms with Gasteiger partial charge in [-0.15, -0.1) is 0 Å². The molecule has 2 N–H and O–H groups in total. The highest BCUT2D eigenvalue weighted by Crippen LogP contribution is 2.23. The van der Waals surface area contributed by atoms with Crippen molar-refractivity contribution in [2.24, 2.45) is 0 Å². The lowest BCUT2D eigenvalue weighted by molar-refractivity contribution is 0.0191. The molecule has 0 aliphatic carbocycles. The van der Waals surface area contributed by atoms with Gasteiger partial charge in [-0.2, -0.15) is 0 Å². The Morgan fingerprint density at radius 2 is 1.82 bits per heavy atom. The van der Waals surface area contributed by atoms with E-state index in [9.17, 15) is 9.59 Å². The Bertz CT molecular complexity index is 485. The molecular weight excluding hydrogens is 362 g/mol. The maximum absolute atomic E-state index is 12.3. The summed E-state index contributed by atoms with van der Waals surface area (Å²) >= 11 is 0. The van der Waals surface area contributed by atoms with Crippen molar-refractivity contribution in [3.8, 4) is 0 Å². The number of nitrogens with zero attached hydrogens (tertiary/aromatic N) is 3. The molecule has 162 valence electrons. The van der Waals surface area contributed by atoms with Gasteiger partial charge < -0.3 is 29.9 Å². The minimum Gasteiger partial charge on any atom is -0.385 e. The van der Waals surface area contributed by atoms with Gasteiger partial charge in [0.2, 0.25) is 0 Å². The normalized spacial score (nSPS) is 20.4. The standard InChI is InChI=1S/C19H37N5O4/c1-22(2)19(26)23-10-5-17(15-23)24(16-6-13-28-14-7-16)11-9-21-18(25)20-8-4-12-27-3/h16-17H,4-15H2,1-3H3,(H2,20,21,25). The minimum absolute atomic E-state index is 0.0722. The number of hydrogen-bond donors (Lipinski definition) is 2. The van der Waals surface area contributed by atoms with Crippen LogP contribution in [0.3, 0.4) is 0 Å². The summed E-state index contributed by atoms with van der Waals surface area (Å²) < 4.78 is 10.5. The van der Waals surface area contributed by atoms with Gasteiger partial charge in [0.1, 0.15) is 0 Å². The third kappa shape index (κ3) is 7.10. The summed E-state index contributed by atoms with van der Waals surface area (Å²) in [4.78, 5) is 30.3. The molecule has 2 saturated heterocycles. The second-order valence-electron chi connectivity index (χ2n) is 7.68. The third-order valence-corrected chi connectivity index (χ3v) is 5.41. The Morgan fingerprint density at radius 1 is 1.11 bits per heavy atom. The molecule has 0 saturated carbocycles. The van der Waals surface area contributed by atoms with Crippen LogP contribution in [0, 0.1) is 0 Å². The highest BCUT2D eigenvalue weighted by atomic mass is 16.5. The van der Waals surface area contributed by atoms with E-state index < -0.39 is 0 Å². The van der Waals surface area contributed by atoms with Crippen LogP contribution in [0.1, 0.15) is 25.7 Å². The molecule has 0 aromatic heterocycles. The largest absolute Gasteiger partial charge is 0.385 e. The van der Waals surface area contributed by atoms with Crippen molar-refractivity contribution in [3.63, 3.8) is 0 Å². The smallest absolute Gasteiger partial charge is 0.319 e. The predicted octanol–water partition coefficient (Wildman–Crippen LogP) is 0.559. The van der Waals surface area contributed by atoms with Gasteiger partial charge in [-0.25, -0.2) is 9.59 Å². The quantitative estimate of drug-likeness (QED) is 0.553. The second kappa shape index (κ2) is 12.1. The monoisotopic (exact) mass is 399 g/mol. The SMILES string of the molecule is COCCCNC(=O)NCCN(C1CCOCC1)C1CCN(C(=O)N(C)C)C1. The molecule has 2 aliphatic heterocycles. The first-order valence-corrected chi connectivity index (χ1v) is 10.3. The highest BCUT2D eigenvalue weighted by Gasteiger charge is 2.34. The second-order valence-corrected chi connectivity index (χ2v) is 7.68. The summed E-state index contributed by atoms with van der Waals surface area (Å²) in [6.07, 6.45) is 3.78. The number of likely N-dealkylation sites (tertiary alicyclic amines) is 1. The van der Waals surface area contributed by atoms with Gasteiger partial charge in [-0.1, -0.05) is 0 Å². The first-order chi connectivity index (χ1) is 13.5. The zero-order valence-corrected chi connectivity index (χ0v) is 17.6. The Labute approximate surface area is 168 Å². The molecule has 1 unspecified atom stereocenters. The molecular formula is C19H37N5O4. The van der Waals surface area contributed by atoms with E-state index in [0.717, 1.165) is 58.5 Å². The van der Waals surface area contributed by atoms with Crippen LogP contribution in [0.25, 0.3) is 0 Å². The van der Waals surface area contributed by atoms with E-state index in [2.05, 4.69) is 15.5 Å². The molecule has 4 amide bonds. The maximum atomic E-state index is 12.3.